The van der Waals surface area contributed by atoms with Gasteiger partial charge in [0.2, 0.25) is 21.8 Å². The number of aromatic nitrogens is 2. The number of para-hydroxylation sites is 1. The number of allylic oxidation sites excluding steroid dienone is 1. The molecule has 1 aromatic carbocycles. The van der Waals surface area contributed by atoms with Crippen molar-refractivity contribution in [2.75, 3.05) is 13.1 Å². The van der Waals surface area contributed by atoms with Gasteiger partial charge in [0.05, 0.1) is 22.4 Å². The topological polar surface area (TPSA) is 207 Å². The molecular formula is C42H61N7O9S. The minimum Gasteiger partial charge on any atom is -0.459 e. The van der Waals surface area contributed by atoms with E-state index < -0.39 is 73.3 Å². The lowest BCUT2D eigenvalue weighted by Gasteiger charge is -2.36. The Hall–Kier alpha value is -4.67. The molecule has 4 aliphatic rings. The van der Waals surface area contributed by atoms with Gasteiger partial charge in [0.25, 0.3) is 17.8 Å². The Labute approximate surface area is 347 Å². The normalized spacial score (nSPS) is 26.6. The van der Waals surface area contributed by atoms with E-state index in [0.29, 0.717) is 61.7 Å². The Kier molecular flexibility index (Phi) is 12.0. The maximum absolute atomic E-state index is 14.7. The Bertz CT molecular complexity index is 2130. The van der Waals surface area contributed by atoms with Crippen LogP contribution in [0, 0.1) is 11.3 Å². The van der Waals surface area contributed by atoms with Crippen LogP contribution in [0.3, 0.4) is 0 Å². The molecule has 59 heavy (non-hydrogen) atoms. The first kappa shape index (κ1) is 43.9. The predicted octanol–water partition coefficient (Wildman–Crippen LogP) is 4.64. The van der Waals surface area contributed by atoms with Crippen molar-refractivity contribution in [1.29, 1.82) is 0 Å². The standard InChI is InChI=1S/C42H61N7O9S/c1-10-26-23-42(26)36(53)47-59(55,56)41(19-20-41)18-13-11-12-14-21-43-33(50)28-16-15-17-29-31(28)44-37(49(29)25(2)3)57-27-22-30(34(51)46-42)48(24-27)35(52)32(39(4,5)6)45-38(54)58-40(7,8)9/h11-12,15-17,25-27,30,32H,10,13-14,18-24H2,1-9H3,(H,43,50)(H,45,54)(H,46,51)(H,47,53)/t26-,27-,30+,32-,42-/m1/s1. The Morgan fingerprint density at radius 1 is 1.05 bits per heavy atom. The van der Waals surface area contributed by atoms with Gasteiger partial charge in [0.1, 0.15) is 34.8 Å². The number of nitrogens with zero attached hydrogens (tertiary/aromatic N) is 3. The van der Waals surface area contributed by atoms with Gasteiger partial charge in [0, 0.05) is 19.0 Å². The molecule has 2 aliphatic heterocycles. The van der Waals surface area contributed by atoms with Crippen LogP contribution in [0.5, 0.6) is 6.01 Å². The number of hydrogen-bond acceptors (Lipinski definition) is 10. The van der Waals surface area contributed by atoms with Crippen LogP contribution in [-0.4, -0.2) is 99.8 Å². The number of benzene rings is 1. The van der Waals surface area contributed by atoms with E-state index in [2.05, 4.69) is 20.7 Å². The van der Waals surface area contributed by atoms with Gasteiger partial charge in [-0.3, -0.25) is 28.5 Å². The van der Waals surface area contributed by atoms with Gasteiger partial charge in [-0.15, -0.1) is 0 Å². The van der Waals surface area contributed by atoms with E-state index >= 15 is 0 Å². The molecule has 1 saturated heterocycles. The highest BCUT2D eigenvalue weighted by Gasteiger charge is 2.64. The fourth-order valence-corrected chi connectivity index (χ4v) is 9.97. The highest BCUT2D eigenvalue weighted by atomic mass is 32.2. The predicted molar refractivity (Wildman–Crippen MR) is 221 cm³/mol. The zero-order chi connectivity index (χ0) is 43.3. The van der Waals surface area contributed by atoms with E-state index in [-0.39, 0.29) is 43.3 Å². The van der Waals surface area contributed by atoms with E-state index in [9.17, 15) is 32.4 Å². The van der Waals surface area contributed by atoms with Crippen molar-refractivity contribution < 1.29 is 41.9 Å². The Morgan fingerprint density at radius 3 is 2.36 bits per heavy atom. The fourth-order valence-electron chi connectivity index (χ4n) is 8.30. The lowest BCUT2D eigenvalue weighted by Crippen LogP contribution is -2.60. The Morgan fingerprint density at radius 2 is 1.75 bits per heavy atom. The molecule has 6 rings (SSSR count). The number of carbonyl (C=O) groups excluding carboxylic acids is 5. The third kappa shape index (κ3) is 9.09. The highest BCUT2D eigenvalue weighted by Crippen LogP contribution is 2.50. The van der Waals surface area contributed by atoms with E-state index in [1.54, 1.807) is 53.7 Å². The number of imidazole rings is 1. The van der Waals surface area contributed by atoms with E-state index in [0.717, 1.165) is 0 Å². The summed E-state index contributed by atoms with van der Waals surface area (Å²) in [5, 5.41) is 8.59. The summed E-state index contributed by atoms with van der Waals surface area (Å²) in [6.45, 7) is 16.5. The van der Waals surface area contributed by atoms with Crippen LogP contribution in [0.1, 0.15) is 130 Å². The fraction of sp³-hybridized carbons (Fsp3) is 0.667. The number of rotatable bonds is 4. The number of fused-ring (bicyclic) bond motifs is 3. The third-order valence-corrected chi connectivity index (χ3v) is 14.0. The molecule has 4 bridgehead atoms. The van der Waals surface area contributed by atoms with Crippen molar-refractivity contribution in [2.24, 2.45) is 11.3 Å². The van der Waals surface area contributed by atoms with Crippen molar-refractivity contribution in [1.82, 2.24) is 35.1 Å². The number of amides is 5. The van der Waals surface area contributed by atoms with E-state index in [4.69, 9.17) is 14.5 Å². The van der Waals surface area contributed by atoms with Crippen LogP contribution in [0.25, 0.3) is 11.0 Å². The molecule has 3 fully saturated rings. The van der Waals surface area contributed by atoms with Crippen LogP contribution >= 0.6 is 0 Å². The smallest absolute Gasteiger partial charge is 0.408 e. The molecule has 5 amide bonds. The maximum Gasteiger partial charge on any atom is 0.408 e. The van der Waals surface area contributed by atoms with Crippen LogP contribution in [-0.2, 0) is 29.1 Å². The Balaban J connectivity index is 1.40. The van der Waals surface area contributed by atoms with Crippen molar-refractivity contribution in [3.63, 3.8) is 0 Å². The second kappa shape index (κ2) is 16.1. The molecule has 2 aromatic rings. The van der Waals surface area contributed by atoms with E-state index in [1.807, 2.05) is 43.6 Å². The second-order valence-corrected chi connectivity index (χ2v) is 21.0. The molecule has 5 atom stereocenters. The number of nitrogens with one attached hydrogen (secondary N) is 4. The summed E-state index contributed by atoms with van der Waals surface area (Å²) in [6, 6.07) is 3.03. The van der Waals surface area contributed by atoms with Crippen molar-refractivity contribution in [3.8, 4) is 6.01 Å². The van der Waals surface area contributed by atoms with Crippen LogP contribution in [0.4, 0.5) is 4.79 Å². The number of ether oxygens (including phenoxy) is 2. The quantitative estimate of drug-likeness (QED) is 0.314. The zero-order valence-electron chi connectivity index (χ0n) is 35.8. The second-order valence-electron chi connectivity index (χ2n) is 18.9. The zero-order valence-corrected chi connectivity index (χ0v) is 36.6. The van der Waals surface area contributed by atoms with Crippen LogP contribution in [0.2, 0.25) is 0 Å². The minimum atomic E-state index is -4.11. The first-order valence-electron chi connectivity index (χ1n) is 20.8. The average molecular weight is 840 g/mol. The summed E-state index contributed by atoms with van der Waals surface area (Å²) in [5.74, 6) is -2.67. The maximum atomic E-state index is 14.7. The first-order valence-corrected chi connectivity index (χ1v) is 22.3. The lowest BCUT2D eigenvalue weighted by molar-refractivity contribution is -0.143. The first-order chi connectivity index (χ1) is 27.5. The molecule has 17 heteroatoms. The summed E-state index contributed by atoms with van der Waals surface area (Å²) >= 11 is 0. The molecule has 0 unspecified atom stereocenters. The lowest BCUT2D eigenvalue weighted by atomic mass is 9.85. The number of hydrogen-bond donors (Lipinski definition) is 4. The van der Waals surface area contributed by atoms with Gasteiger partial charge in [-0.25, -0.2) is 13.2 Å². The molecule has 1 aromatic heterocycles. The molecule has 2 aliphatic carbocycles. The van der Waals surface area contributed by atoms with Gasteiger partial charge < -0.3 is 30.3 Å². The minimum absolute atomic E-state index is 0.0155. The molecule has 2 spiro atoms. The van der Waals surface area contributed by atoms with Crippen molar-refractivity contribution >= 4 is 50.8 Å². The molecule has 324 valence electrons. The van der Waals surface area contributed by atoms with Crippen LogP contribution < -0.4 is 25.4 Å². The van der Waals surface area contributed by atoms with Gasteiger partial charge in [-0.05, 0) is 96.6 Å². The monoisotopic (exact) mass is 839 g/mol. The van der Waals surface area contributed by atoms with Crippen LogP contribution in [0.15, 0.2) is 30.4 Å². The van der Waals surface area contributed by atoms with Gasteiger partial charge >= 0.3 is 6.09 Å². The number of carbonyl (C=O) groups is 5. The number of likely N-dealkylation sites (tertiary alicyclic amines) is 1. The summed E-state index contributed by atoms with van der Waals surface area (Å²) in [7, 11) is -4.11. The third-order valence-electron chi connectivity index (χ3n) is 11.8. The molecule has 3 heterocycles. The number of alkyl carbamates (subject to hydrolysis) is 1. The van der Waals surface area contributed by atoms with E-state index in [1.165, 1.54) is 4.90 Å². The average Bonchev–Trinajstić information content (AvgIpc) is 3.99. The summed E-state index contributed by atoms with van der Waals surface area (Å²) in [4.78, 5) is 76.2. The summed E-state index contributed by atoms with van der Waals surface area (Å²) in [5.41, 5.74) is -1.74. The largest absolute Gasteiger partial charge is 0.459 e. The summed E-state index contributed by atoms with van der Waals surface area (Å²) < 4.78 is 42.8. The number of sulfonamides is 1. The molecule has 4 N–H and O–H groups in total. The van der Waals surface area contributed by atoms with Gasteiger partial charge in [0.15, 0.2) is 0 Å². The van der Waals surface area contributed by atoms with Crippen molar-refractivity contribution in [2.45, 2.75) is 154 Å². The molecule has 16 nitrogen and oxygen atoms in total. The summed E-state index contributed by atoms with van der Waals surface area (Å²) in [6.07, 6.45) is 5.01. The van der Waals surface area contributed by atoms with Gasteiger partial charge in [-0.1, -0.05) is 52.3 Å². The van der Waals surface area contributed by atoms with Crippen molar-refractivity contribution in [3.05, 3.63) is 35.9 Å². The molecule has 2 saturated carbocycles. The highest BCUT2D eigenvalue weighted by molar-refractivity contribution is 7.91. The molecule has 0 radical (unpaired) electrons. The van der Waals surface area contributed by atoms with Gasteiger partial charge in [-0.2, -0.15) is 4.98 Å². The molecular weight excluding hydrogens is 779 g/mol. The SMILES string of the molecule is CC[C@@H]1C[C@@]12NC(=O)[C@@H]1C[C@H](CN1C(=O)[C@@H](NC(=O)OC(C)(C)C)C(C)(C)C)Oc1nc3c(cccc3n1C(C)C)C(=O)NCCC=CCCC1(CC1)S(=O)(=O)NC2=O.